The van der Waals surface area contributed by atoms with Crippen molar-refractivity contribution in [3.63, 3.8) is 0 Å². The van der Waals surface area contributed by atoms with E-state index < -0.39 is 0 Å². The van der Waals surface area contributed by atoms with Crippen LogP contribution in [0.3, 0.4) is 0 Å². The predicted molar refractivity (Wildman–Crippen MR) is 90.1 cm³/mol. The number of benzene rings is 2. The van der Waals surface area contributed by atoms with Crippen molar-refractivity contribution in [1.82, 2.24) is 5.32 Å². The first-order chi connectivity index (χ1) is 11.1. The van der Waals surface area contributed by atoms with Gasteiger partial charge >= 0.3 is 0 Å². The van der Waals surface area contributed by atoms with Gasteiger partial charge in [0.2, 0.25) is 0 Å². The van der Waals surface area contributed by atoms with E-state index in [9.17, 15) is 9.59 Å². The van der Waals surface area contributed by atoms with Crippen LogP contribution in [0, 0.1) is 0 Å². The van der Waals surface area contributed by atoms with E-state index in [4.69, 9.17) is 16.3 Å². The molecule has 0 unspecified atom stereocenters. The molecule has 2 rings (SSSR count). The summed E-state index contributed by atoms with van der Waals surface area (Å²) in [5, 5.41) is 3.32. The fourth-order valence-electron chi connectivity index (χ4n) is 1.93. The molecule has 0 aliphatic carbocycles. The SMILES string of the molecule is CCCNC(=O)COc1ccc(C(=O)c2ccc(Cl)cc2)cc1. The highest BCUT2D eigenvalue weighted by atomic mass is 35.5. The first-order valence-electron chi connectivity index (χ1n) is 7.40. The summed E-state index contributed by atoms with van der Waals surface area (Å²) in [6.45, 7) is 2.58. The average molecular weight is 332 g/mol. The van der Waals surface area contributed by atoms with Crippen molar-refractivity contribution in [3.8, 4) is 5.75 Å². The molecule has 2 aromatic rings. The topological polar surface area (TPSA) is 55.4 Å². The summed E-state index contributed by atoms with van der Waals surface area (Å²) in [4.78, 5) is 23.8. The monoisotopic (exact) mass is 331 g/mol. The van der Waals surface area contributed by atoms with Crippen molar-refractivity contribution in [2.45, 2.75) is 13.3 Å². The molecule has 0 spiro atoms. The van der Waals surface area contributed by atoms with Gasteiger partial charge in [-0.05, 0) is 55.0 Å². The predicted octanol–water partition coefficient (Wildman–Crippen LogP) is 3.48. The van der Waals surface area contributed by atoms with E-state index in [1.54, 1.807) is 48.5 Å². The van der Waals surface area contributed by atoms with E-state index in [-0.39, 0.29) is 18.3 Å². The van der Waals surface area contributed by atoms with E-state index in [1.165, 1.54) is 0 Å². The minimum atomic E-state index is -0.159. The second-order valence-electron chi connectivity index (χ2n) is 5.00. The third kappa shape index (κ3) is 5.11. The maximum Gasteiger partial charge on any atom is 0.257 e. The molecule has 0 heterocycles. The quantitative estimate of drug-likeness (QED) is 0.790. The Labute approximate surface area is 140 Å². The Hall–Kier alpha value is -2.33. The summed E-state index contributed by atoms with van der Waals surface area (Å²) in [5.74, 6) is 0.298. The molecule has 120 valence electrons. The van der Waals surface area contributed by atoms with Gasteiger partial charge in [-0.15, -0.1) is 0 Å². The molecule has 1 amide bonds. The maximum atomic E-state index is 12.3. The van der Waals surface area contributed by atoms with Crippen LogP contribution in [0.2, 0.25) is 5.02 Å². The van der Waals surface area contributed by atoms with Gasteiger partial charge in [0.25, 0.3) is 5.91 Å². The summed E-state index contributed by atoms with van der Waals surface area (Å²) in [5.41, 5.74) is 1.12. The standard InChI is InChI=1S/C18H18ClNO3/c1-2-11-20-17(21)12-23-16-9-5-14(6-10-16)18(22)13-3-7-15(19)8-4-13/h3-10H,2,11-12H2,1H3,(H,20,21). The van der Waals surface area contributed by atoms with E-state index in [1.807, 2.05) is 6.92 Å². The molecule has 1 N–H and O–H groups in total. The number of carbonyl (C=O) groups excluding carboxylic acids is 2. The fraction of sp³-hybridized carbons (Fsp3) is 0.222. The smallest absolute Gasteiger partial charge is 0.257 e. The normalized spacial score (nSPS) is 10.2. The number of nitrogens with one attached hydrogen (secondary N) is 1. The van der Waals surface area contributed by atoms with Crippen LogP contribution in [-0.4, -0.2) is 24.8 Å². The lowest BCUT2D eigenvalue weighted by atomic mass is 10.0. The Balaban J connectivity index is 1.95. The van der Waals surface area contributed by atoms with Gasteiger partial charge in [-0.2, -0.15) is 0 Å². The van der Waals surface area contributed by atoms with E-state index in [2.05, 4.69) is 5.32 Å². The largest absolute Gasteiger partial charge is 0.484 e. The number of halogens is 1. The molecular formula is C18H18ClNO3. The second kappa shape index (κ2) is 8.34. The minimum absolute atomic E-state index is 0.0372. The third-order valence-electron chi connectivity index (χ3n) is 3.17. The van der Waals surface area contributed by atoms with Crippen molar-refractivity contribution >= 4 is 23.3 Å². The molecule has 2 aromatic carbocycles. The van der Waals surface area contributed by atoms with Crippen LogP contribution in [0.5, 0.6) is 5.75 Å². The molecule has 23 heavy (non-hydrogen) atoms. The van der Waals surface area contributed by atoms with Gasteiger partial charge < -0.3 is 10.1 Å². The van der Waals surface area contributed by atoms with Crippen LogP contribution in [0.4, 0.5) is 0 Å². The first-order valence-corrected chi connectivity index (χ1v) is 7.77. The van der Waals surface area contributed by atoms with Crippen molar-refractivity contribution < 1.29 is 14.3 Å². The molecule has 0 saturated carbocycles. The Morgan fingerprint density at radius 2 is 1.57 bits per heavy atom. The second-order valence-corrected chi connectivity index (χ2v) is 5.44. The van der Waals surface area contributed by atoms with Gasteiger partial charge in [-0.3, -0.25) is 9.59 Å². The Morgan fingerprint density at radius 1 is 1.00 bits per heavy atom. The fourth-order valence-corrected chi connectivity index (χ4v) is 2.06. The molecule has 0 atom stereocenters. The molecule has 0 aliphatic heterocycles. The van der Waals surface area contributed by atoms with Crippen LogP contribution >= 0.6 is 11.6 Å². The van der Waals surface area contributed by atoms with Crippen LogP contribution in [-0.2, 0) is 4.79 Å². The van der Waals surface area contributed by atoms with Gasteiger partial charge in [0.05, 0.1) is 0 Å². The van der Waals surface area contributed by atoms with Crippen molar-refractivity contribution in [3.05, 3.63) is 64.7 Å². The summed E-state index contributed by atoms with van der Waals surface area (Å²) < 4.78 is 5.38. The zero-order valence-electron chi connectivity index (χ0n) is 12.8. The number of hydrogen-bond acceptors (Lipinski definition) is 3. The van der Waals surface area contributed by atoms with Crippen LogP contribution in [0.15, 0.2) is 48.5 Å². The molecule has 0 aliphatic rings. The lowest BCUT2D eigenvalue weighted by molar-refractivity contribution is -0.123. The Kier molecular flexibility index (Phi) is 6.18. The van der Waals surface area contributed by atoms with Gasteiger partial charge in [-0.25, -0.2) is 0 Å². The van der Waals surface area contributed by atoms with Gasteiger partial charge in [0, 0.05) is 22.7 Å². The van der Waals surface area contributed by atoms with E-state index >= 15 is 0 Å². The van der Waals surface area contributed by atoms with Crippen molar-refractivity contribution in [1.29, 1.82) is 0 Å². The van der Waals surface area contributed by atoms with Crippen molar-refractivity contribution in [2.24, 2.45) is 0 Å². The number of carbonyl (C=O) groups is 2. The lowest BCUT2D eigenvalue weighted by Crippen LogP contribution is -2.29. The lowest BCUT2D eigenvalue weighted by Gasteiger charge is -2.07. The van der Waals surface area contributed by atoms with Gasteiger partial charge in [0.1, 0.15) is 5.75 Å². The van der Waals surface area contributed by atoms with E-state index in [0.717, 1.165) is 6.42 Å². The Bertz CT molecular complexity index is 666. The molecule has 0 fully saturated rings. The zero-order valence-corrected chi connectivity index (χ0v) is 13.6. The average Bonchev–Trinajstić information content (AvgIpc) is 2.58. The molecule has 0 bridgehead atoms. The number of rotatable bonds is 7. The van der Waals surface area contributed by atoms with Crippen LogP contribution < -0.4 is 10.1 Å². The summed E-state index contributed by atoms with van der Waals surface area (Å²) in [6, 6.07) is 13.4. The molecule has 0 aromatic heterocycles. The zero-order chi connectivity index (χ0) is 16.7. The molecule has 4 nitrogen and oxygen atoms in total. The number of ketones is 1. The molecule has 0 saturated heterocycles. The number of hydrogen-bond donors (Lipinski definition) is 1. The summed E-state index contributed by atoms with van der Waals surface area (Å²) in [7, 11) is 0. The van der Waals surface area contributed by atoms with E-state index in [0.29, 0.717) is 28.4 Å². The number of amides is 1. The first kappa shape index (κ1) is 17.0. The third-order valence-corrected chi connectivity index (χ3v) is 3.42. The van der Waals surface area contributed by atoms with Crippen LogP contribution in [0.1, 0.15) is 29.3 Å². The Morgan fingerprint density at radius 3 is 2.13 bits per heavy atom. The van der Waals surface area contributed by atoms with Gasteiger partial charge in [-0.1, -0.05) is 18.5 Å². The minimum Gasteiger partial charge on any atom is -0.484 e. The maximum absolute atomic E-state index is 12.3. The number of ether oxygens (including phenoxy) is 1. The van der Waals surface area contributed by atoms with Crippen molar-refractivity contribution in [2.75, 3.05) is 13.2 Å². The molecule has 5 heteroatoms. The highest BCUT2D eigenvalue weighted by Crippen LogP contribution is 2.17. The highest BCUT2D eigenvalue weighted by Gasteiger charge is 2.09. The molecule has 0 radical (unpaired) electrons. The van der Waals surface area contributed by atoms with Gasteiger partial charge in [0.15, 0.2) is 12.4 Å². The highest BCUT2D eigenvalue weighted by molar-refractivity contribution is 6.30. The van der Waals surface area contributed by atoms with Crippen LogP contribution in [0.25, 0.3) is 0 Å². The summed E-state index contributed by atoms with van der Waals surface area (Å²) >= 11 is 5.81. The molecular weight excluding hydrogens is 314 g/mol. The summed E-state index contributed by atoms with van der Waals surface area (Å²) in [6.07, 6.45) is 0.882.